The van der Waals surface area contributed by atoms with Gasteiger partial charge in [0.1, 0.15) is 11.6 Å². The van der Waals surface area contributed by atoms with Gasteiger partial charge in [0.15, 0.2) is 0 Å². The molecule has 0 N–H and O–H groups in total. The van der Waals surface area contributed by atoms with E-state index in [2.05, 4.69) is 9.97 Å². The average Bonchev–Trinajstić information content (AvgIpc) is 2.55. The van der Waals surface area contributed by atoms with Gasteiger partial charge in [0.2, 0.25) is 10.0 Å². The van der Waals surface area contributed by atoms with Gasteiger partial charge >= 0.3 is 0 Å². The summed E-state index contributed by atoms with van der Waals surface area (Å²) >= 11 is 0. The minimum absolute atomic E-state index is 0.0562. The summed E-state index contributed by atoms with van der Waals surface area (Å²) in [4.78, 5) is 8.62. The smallest absolute Gasteiger partial charge is 0.242 e. The Morgan fingerprint density at radius 3 is 2.65 bits per heavy atom. The van der Waals surface area contributed by atoms with Crippen molar-refractivity contribution in [3.8, 4) is 0 Å². The van der Waals surface area contributed by atoms with Crippen molar-refractivity contribution >= 4 is 10.0 Å². The van der Waals surface area contributed by atoms with Crippen molar-refractivity contribution in [2.75, 3.05) is 13.1 Å². The van der Waals surface area contributed by atoms with Gasteiger partial charge in [-0.2, -0.15) is 4.31 Å². The summed E-state index contributed by atoms with van der Waals surface area (Å²) in [6, 6.07) is 6.79. The molecule has 0 radical (unpaired) electrons. The molecule has 1 aromatic heterocycles. The fraction of sp³-hybridized carbons (Fsp3) is 0.375. The molecule has 5 nitrogen and oxygen atoms in total. The lowest BCUT2D eigenvalue weighted by Gasteiger charge is -2.31. The minimum Gasteiger partial charge on any atom is -0.242 e. The van der Waals surface area contributed by atoms with Crippen LogP contribution in [0.2, 0.25) is 0 Å². The number of hydrogen-bond acceptors (Lipinski definition) is 4. The Labute approximate surface area is 135 Å². The number of sulfonamides is 1. The van der Waals surface area contributed by atoms with E-state index in [0.717, 1.165) is 18.5 Å². The fourth-order valence-corrected chi connectivity index (χ4v) is 4.38. The number of halogens is 1. The first-order chi connectivity index (χ1) is 11.0. The number of benzene rings is 1. The zero-order valence-electron chi connectivity index (χ0n) is 12.8. The molecule has 3 rings (SSSR count). The van der Waals surface area contributed by atoms with Crippen LogP contribution in [0.5, 0.6) is 0 Å². The molecule has 7 heteroatoms. The van der Waals surface area contributed by atoms with Gasteiger partial charge in [-0.25, -0.2) is 22.8 Å². The summed E-state index contributed by atoms with van der Waals surface area (Å²) in [6.07, 6.45) is 3.37. The largest absolute Gasteiger partial charge is 0.243 e. The maximum Gasteiger partial charge on any atom is 0.243 e. The van der Waals surface area contributed by atoms with E-state index in [-0.39, 0.29) is 10.8 Å². The SMILES string of the molecule is Cc1nccc(C2CCCN(S(=O)(=O)c3ccc(F)cc3)C2)n1. The second kappa shape index (κ2) is 6.33. The molecule has 1 fully saturated rings. The van der Waals surface area contributed by atoms with Gasteiger partial charge in [0, 0.05) is 30.9 Å². The molecule has 1 aliphatic heterocycles. The Kier molecular flexibility index (Phi) is 4.41. The normalized spacial score (nSPS) is 19.7. The molecular formula is C16H18FN3O2S. The Morgan fingerprint density at radius 1 is 1.22 bits per heavy atom. The maximum absolute atomic E-state index is 13.0. The van der Waals surface area contributed by atoms with E-state index < -0.39 is 15.8 Å². The van der Waals surface area contributed by atoms with E-state index in [0.29, 0.717) is 18.9 Å². The highest BCUT2D eigenvalue weighted by Gasteiger charge is 2.31. The van der Waals surface area contributed by atoms with E-state index in [9.17, 15) is 12.8 Å². The van der Waals surface area contributed by atoms with E-state index in [1.807, 2.05) is 13.0 Å². The lowest BCUT2D eigenvalue weighted by molar-refractivity contribution is 0.312. The molecule has 1 aliphatic rings. The molecule has 1 unspecified atom stereocenters. The van der Waals surface area contributed by atoms with Gasteiger partial charge < -0.3 is 0 Å². The van der Waals surface area contributed by atoms with Crippen LogP contribution in [0.3, 0.4) is 0 Å². The number of nitrogens with zero attached hydrogens (tertiary/aromatic N) is 3. The second-order valence-electron chi connectivity index (χ2n) is 5.68. The highest BCUT2D eigenvalue weighted by atomic mass is 32.2. The van der Waals surface area contributed by atoms with E-state index in [4.69, 9.17) is 0 Å². The van der Waals surface area contributed by atoms with E-state index >= 15 is 0 Å². The lowest BCUT2D eigenvalue weighted by atomic mass is 9.96. The van der Waals surface area contributed by atoms with Crippen molar-refractivity contribution in [3.05, 3.63) is 53.9 Å². The molecule has 2 aromatic rings. The second-order valence-corrected chi connectivity index (χ2v) is 7.62. The lowest BCUT2D eigenvalue weighted by Crippen LogP contribution is -2.39. The number of aromatic nitrogens is 2. The third-order valence-electron chi connectivity index (χ3n) is 4.05. The van der Waals surface area contributed by atoms with Crippen LogP contribution in [-0.2, 0) is 10.0 Å². The fourth-order valence-electron chi connectivity index (χ4n) is 2.86. The Balaban J connectivity index is 1.84. The molecule has 0 saturated carbocycles. The van der Waals surface area contributed by atoms with Crippen molar-refractivity contribution in [1.29, 1.82) is 0 Å². The summed E-state index contributed by atoms with van der Waals surface area (Å²) in [5.74, 6) is 0.290. The number of piperidine rings is 1. The van der Waals surface area contributed by atoms with Crippen molar-refractivity contribution in [1.82, 2.24) is 14.3 Å². The van der Waals surface area contributed by atoms with Crippen LogP contribution >= 0.6 is 0 Å². The quantitative estimate of drug-likeness (QED) is 0.864. The highest BCUT2D eigenvalue weighted by molar-refractivity contribution is 7.89. The van der Waals surface area contributed by atoms with Gasteiger partial charge in [0.05, 0.1) is 4.90 Å². The number of aryl methyl sites for hydroxylation is 1. The molecule has 122 valence electrons. The van der Waals surface area contributed by atoms with Gasteiger partial charge in [-0.05, 0) is 50.1 Å². The minimum atomic E-state index is -3.61. The van der Waals surface area contributed by atoms with Crippen molar-refractivity contribution in [2.45, 2.75) is 30.6 Å². The predicted molar refractivity (Wildman–Crippen MR) is 83.9 cm³/mol. The van der Waals surface area contributed by atoms with Gasteiger partial charge in [0.25, 0.3) is 0 Å². The molecule has 1 saturated heterocycles. The van der Waals surface area contributed by atoms with Crippen molar-refractivity contribution in [3.63, 3.8) is 0 Å². The van der Waals surface area contributed by atoms with Crippen LogP contribution < -0.4 is 0 Å². The Hall–Kier alpha value is -1.86. The number of hydrogen-bond donors (Lipinski definition) is 0. The molecule has 1 aromatic carbocycles. The molecule has 2 heterocycles. The third kappa shape index (κ3) is 3.40. The van der Waals surface area contributed by atoms with Crippen LogP contribution in [0.4, 0.5) is 4.39 Å². The molecular weight excluding hydrogens is 317 g/mol. The summed E-state index contributed by atoms with van der Waals surface area (Å²) in [6.45, 7) is 2.68. The highest BCUT2D eigenvalue weighted by Crippen LogP contribution is 2.29. The Morgan fingerprint density at radius 2 is 1.96 bits per heavy atom. The van der Waals surface area contributed by atoms with E-state index in [1.54, 1.807) is 6.20 Å². The predicted octanol–water partition coefficient (Wildman–Crippen LogP) is 2.49. The molecule has 0 bridgehead atoms. The standard InChI is InChI=1S/C16H18FN3O2S/c1-12-18-9-8-16(19-12)13-3-2-10-20(11-13)23(21,22)15-6-4-14(17)5-7-15/h4-9,13H,2-3,10-11H2,1H3. The topological polar surface area (TPSA) is 63.2 Å². The average molecular weight is 335 g/mol. The van der Waals surface area contributed by atoms with E-state index in [1.165, 1.54) is 28.6 Å². The number of rotatable bonds is 3. The van der Waals surface area contributed by atoms with Gasteiger partial charge in [-0.3, -0.25) is 0 Å². The van der Waals surface area contributed by atoms with Gasteiger partial charge in [-0.1, -0.05) is 0 Å². The monoisotopic (exact) mass is 335 g/mol. The zero-order valence-corrected chi connectivity index (χ0v) is 13.6. The van der Waals surface area contributed by atoms with Crippen LogP contribution in [0.25, 0.3) is 0 Å². The molecule has 0 amide bonds. The van der Waals surface area contributed by atoms with Crippen LogP contribution in [0.1, 0.15) is 30.3 Å². The third-order valence-corrected chi connectivity index (χ3v) is 5.93. The summed E-state index contributed by atoms with van der Waals surface area (Å²) in [7, 11) is -3.61. The first-order valence-corrected chi connectivity index (χ1v) is 8.96. The van der Waals surface area contributed by atoms with Crippen molar-refractivity contribution < 1.29 is 12.8 Å². The first kappa shape index (κ1) is 16.0. The summed E-state index contributed by atoms with van der Waals surface area (Å²) in [5, 5.41) is 0. The summed E-state index contributed by atoms with van der Waals surface area (Å²) in [5.41, 5.74) is 0.872. The molecule has 0 spiro atoms. The van der Waals surface area contributed by atoms with Gasteiger partial charge in [-0.15, -0.1) is 0 Å². The van der Waals surface area contributed by atoms with Crippen LogP contribution in [0, 0.1) is 12.7 Å². The van der Waals surface area contributed by atoms with Crippen LogP contribution in [0.15, 0.2) is 41.4 Å². The zero-order chi connectivity index (χ0) is 16.4. The maximum atomic E-state index is 13.0. The first-order valence-electron chi connectivity index (χ1n) is 7.52. The summed E-state index contributed by atoms with van der Waals surface area (Å²) < 4.78 is 39.9. The van der Waals surface area contributed by atoms with Crippen LogP contribution in [-0.4, -0.2) is 35.8 Å². The molecule has 0 aliphatic carbocycles. The molecule has 1 atom stereocenters. The molecule has 23 heavy (non-hydrogen) atoms. The van der Waals surface area contributed by atoms with Crippen molar-refractivity contribution in [2.24, 2.45) is 0 Å². The Bertz CT molecular complexity index is 793.